The van der Waals surface area contributed by atoms with Crippen LogP contribution in [0.3, 0.4) is 0 Å². The lowest BCUT2D eigenvalue weighted by atomic mass is 9.90. The smallest absolute Gasteiger partial charge is 0.273 e. The van der Waals surface area contributed by atoms with Crippen molar-refractivity contribution in [3.05, 3.63) is 17.5 Å². The second-order valence-corrected chi connectivity index (χ2v) is 6.98. The highest BCUT2D eigenvalue weighted by Gasteiger charge is 2.18. The van der Waals surface area contributed by atoms with Gasteiger partial charge < -0.3 is 14.6 Å². The van der Waals surface area contributed by atoms with Crippen LogP contribution in [0.4, 0.5) is 0 Å². The summed E-state index contributed by atoms with van der Waals surface area (Å²) in [5, 5.41) is 6.53. The highest BCUT2D eigenvalue weighted by molar-refractivity contribution is 9.09. The van der Waals surface area contributed by atoms with Crippen LogP contribution in [0.15, 0.2) is 10.6 Å². The van der Waals surface area contributed by atoms with E-state index in [-0.39, 0.29) is 21.8 Å². The topological polar surface area (TPSA) is 64.4 Å². The molecule has 108 valence electrons. The molecule has 5 nitrogen and oxygen atoms in total. The number of methoxy groups -OCH3 is 1. The molecule has 1 amide bonds. The van der Waals surface area contributed by atoms with E-state index in [2.05, 4.69) is 47.2 Å². The molecule has 0 aliphatic rings. The SMILES string of the molecule is COCc1cc(C(=O)NCC(Br)CC(C)(C)C)no1. The maximum Gasteiger partial charge on any atom is 0.273 e. The number of ether oxygens (including phenoxy) is 1. The molecule has 0 spiro atoms. The molecule has 1 N–H and O–H groups in total. The van der Waals surface area contributed by atoms with Gasteiger partial charge in [0.1, 0.15) is 6.61 Å². The van der Waals surface area contributed by atoms with E-state index in [9.17, 15) is 4.79 Å². The summed E-state index contributed by atoms with van der Waals surface area (Å²) in [6, 6.07) is 1.59. The number of rotatable bonds is 6. The molecule has 0 fully saturated rings. The van der Waals surface area contributed by atoms with Crippen molar-refractivity contribution in [2.24, 2.45) is 5.41 Å². The predicted octanol–water partition coefficient (Wildman–Crippen LogP) is 2.75. The minimum Gasteiger partial charge on any atom is -0.377 e. The van der Waals surface area contributed by atoms with Gasteiger partial charge in [-0.25, -0.2) is 0 Å². The van der Waals surface area contributed by atoms with Crippen molar-refractivity contribution in [3.63, 3.8) is 0 Å². The molecule has 6 heteroatoms. The van der Waals surface area contributed by atoms with Crippen molar-refractivity contribution in [1.29, 1.82) is 0 Å². The Morgan fingerprint density at radius 1 is 1.58 bits per heavy atom. The van der Waals surface area contributed by atoms with Crippen molar-refractivity contribution < 1.29 is 14.1 Å². The summed E-state index contributed by atoms with van der Waals surface area (Å²) in [6.07, 6.45) is 0.973. The number of alkyl halides is 1. The monoisotopic (exact) mass is 332 g/mol. The van der Waals surface area contributed by atoms with E-state index in [1.54, 1.807) is 13.2 Å². The zero-order chi connectivity index (χ0) is 14.5. The third-order valence-corrected chi connectivity index (χ3v) is 3.04. The Morgan fingerprint density at radius 2 is 2.26 bits per heavy atom. The molecule has 0 saturated carbocycles. The van der Waals surface area contributed by atoms with Crippen molar-refractivity contribution in [2.75, 3.05) is 13.7 Å². The Kier molecular flexibility index (Phi) is 6.00. The van der Waals surface area contributed by atoms with Crippen LogP contribution in [0, 0.1) is 5.41 Å². The Bertz CT molecular complexity index is 412. The maximum atomic E-state index is 11.8. The Balaban J connectivity index is 2.42. The molecule has 1 aromatic rings. The predicted molar refractivity (Wildman–Crippen MR) is 76.3 cm³/mol. The summed E-state index contributed by atoms with van der Waals surface area (Å²) in [5.74, 6) is 0.308. The summed E-state index contributed by atoms with van der Waals surface area (Å²) in [6.45, 7) is 7.36. The van der Waals surface area contributed by atoms with Crippen LogP contribution >= 0.6 is 15.9 Å². The molecular weight excluding hydrogens is 312 g/mol. The molecule has 1 atom stereocenters. The molecule has 1 rings (SSSR count). The first-order chi connectivity index (χ1) is 8.81. The average Bonchev–Trinajstić information content (AvgIpc) is 2.73. The van der Waals surface area contributed by atoms with Gasteiger partial charge in [-0.05, 0) is 11.8 Å². The van der Waals surface area contributed by atoms with Gasteiger partial charge in [0.2, 0.25) is 0 Å². The van der Waals surface area contributed by atoms with E-state index in [1.165, 1.54) is 0 Å². The number of hydrogen-bond acceptors (Lipinski definition) is 4. The van der Waals surface area contributed by atoms with Gasteiger partial charge in [0.25, 0.3) is 5.91 Å². The van der Waals surface area contributed by atoms with Gasteiger partial charge in [0, 0.05) is 24.5 Å². The van der Waals surface area contributed by atoms with Gasteiger partial charge in [-0.15, -0.1) is 0 Å². The minimum absolute atomic E-state index is 0.221. The molecule has 0 aliphatic carbocycles. The molecule has 1 aromatic heterocycles. The quantitative estimate of drug-likeness (QED) is 0.813. The molecule has 19 heavy (non-hydrogen) atoms. The number of carbonyl (C=O) groups is 1. The van der Waals surface area contributed by atoms with Gasteiger partial charge in [-0.3, -0.25) is 4.79 Å². The van der Waals surface area contributed by atoms with Crippen LogP contribution in [0.2, 0.25) is 0 Å². The van der Waals surface area contributed by atoms with Crippen molar-refractivity contribution in [3.8, 4) is 0 Å². The average molecular weight is 333 g/mol. The van der Waals surface area contributed by atoms with Crippen LogP contribution in [0.25, 0.3) is 0 Å². The Morgan fingerprint density at radius 3 is 2.84 bits per heavy atom. The largest absolute Gasteiger partial charge is 0.377 e. The van der Waals surface area contributed by atoms with Crippen molar-refractivity contribution in [2.45, 2.75) is 38.6 Å². The van der Waals surface area contributed by atoms with E-state index >= 15 is 0 Å². The number of amides is 1. The van der Waals surface area contributed by atoms with Crippen LogP contribution in [-0.4, -0.2) is 29.5 Å². The van der Waals surface area contributed by atoms with Gasteiger partial charge >= 0.3 is 0 Å². The zero-order valence-electron chi connectivity index (χ0n) is 11.8. The Hall–Kier alpha value is -0.880. The normalized spacial score (nSPS) is 13.3. The number of halogens is 1. The molecule has 0 saturated heterocycles. The van der Waals surface area contributed by atoms with E-state index < -0.39 is 0 Å². The number of aromatic nitrogens is 1. The summed E-state index contributed by atoms with van der Waals surface area (Å²) in [7, 11) is 1.56. The highest BCUT2D eigenvalue weighted by atomic mass is 79.9. The number of hydrogen-bond donors (Lipinski definition) is 1. The number of carbonyl (C=O) groups excluding carboxylic acids is 1. The van der Waals surface area contributed by atoms with Gasteiger partial charge in [-0.1, -0.05) is 41.9 Å². The third kappa shape index (κ3) is 6.20. The second kappa shape index (κ2) is 7.05. The first-order valence-corrected chi connectivity index (χ1v) is 7.10. The molecule has 0 radical (unpaired) electrons. The van der Waals surface area contributed by atoms with Gasteiger partial charge in [0.05, 0.1) is 0 Å². The third-order valence-electron chi connectivity index (χ3n) is 2.40. The van der Waals surface area contributed by atoms with E-state index in [4.69, 9.17) is 9.26 Å². The summed E-state index contributed by atoms with van der Waals surface area (Å²) in [4.78, 5) is 12.1. The fourth-order valence-electron chi connectivity index (χ4n) is 1.66. The van der Waals surface area contributed by atoms with Crippen LogP contribution < -0.4 is 5.32 Å². The molecule has 0 aromatic carbocycles. The first-order valence-electron chi connectivity index (χ1n) is 6.18. The highest BCUT2D eigenvalue weighted by Crippen LogP contribution is 2.24. The lowest BCUT2D eigenvalue weighted by Gasteiger charge is -2.22. The van der Waals surface area contributed by atoms with E-state index in [0.29, 0.717) is 18.9 Å². The van der Waals surface area contributed by atoms with Gasteiger partial charge in [0.15, 0.2) is 11.5 Å². The summed E-state index contributed by atoms with van der Waals surface area (Å²) < 4.78 is 9.87. The molecule has 1 unspecified atom stereocenters. The van der Waals surface area contributed by atoms with Crippen molar-refractivity contribution >= 4 is 21.8 Å². The fraction of sp³-hybridized carbons (Fsp3) is 0.692. The zero-order valence-corrected chi connectivity index (χ0v) is 13.4. The first kappa shape index (κ1) is 16.2. The minimum atomic E-state index is -0.232. The van der Waals surface area contributed by atoms with Crippen molar-refractivity contribution in [1.82, 2.24) is 10.5 Å². The van der Waals surface area contributed by atoms with Crippen LogP contribution in [0.5, 0.6) is 0 Å². The molecular formula is C13H21BrN2O3. The van der Waals surface area contributed by atoms with E-state index in [1.807, 2.05) is 0 Å². The lowest BCUT2D eigenvalue weighted by Crippen LogP contribution is -2.31. The van der Waals surface area contributed by atoms with Crippen LogP contribution in [-0.2, 0) is 11.3 Å². The maximum absolute atomic E-state index is 11.8. The standard InChI is InChI=1S/C13H21BrN2O3/c1-13(2,3)6-9(14)7-15-12(17)11-5-10(8-18-4)19-16-11/h5,9H,6-8H2,1-4H3,(H,15,17). The van der Waals surface area contributed by atoms with Crippen LogP contribution in [0.1, 0.15) is 43.4 Å². The summed E-state index contributed by atoms with van der Waals surface area (Å²) >= 11 is 3.57. The van der Waals surface area contributed by atoms with Gasteiger partial charge in [-0.2, -0.15) is 0 Å². The second-order valence-electron chi connectivity index (χ2n) is 5.68. The fourth-order valence-corrected chi connectivity index (χ4v) is 2.79. The van der Waals surface area contributed by atoms with E-state index in [0.717, 1.165) is 6.42 Å². The lowest BCUT2D eigenvalue weighted by molar-refractivity contribution is 0.0942. The number of nitrogens with one attached hydrogen (secondary N) is 1. The molecule has 0 aliphatic heterocycles. The summed E-state index contributed by atoms with van der Waals surface area (Å²) in [5.41, 5.74) is 0.501. The molecule has 1 heterocycles. The number of nitrogens with zero attached hydrogens (tertiary/aromatic N) is 1. The Labute approximate surface area is 122 Å². The molecule has 0 bridgehead atoms.